The first kappa shape index (κ1) is 31.1. The Kier molecular flexibility index (Phi) is 11.6. The number of hydrogen-bond donors (Lipinski definition) is 1. The van der Waals surface area contributed by atoms with E-state index in [1.807, 2.05) is 77.1 Å². The van der Waals surface area contributed by atoms with Crippen LogP contribution in [0.5, 0.6) is 5.75 Å². The van der Waals surface area contributed by atoms with Crippen LogP contribution < -0.4 is 14.4 Å². The lowest BCUT2D eigenvalue weighted by Crippen LogP contribution is -2.50. The predicted octanol–water partition coefficient (Wildman–Crippen LogP) is 4.58. The number of methoxy groups -OCH3 is 1. The van der Waals surface area contributed by atoms with E-state index in [0.717, 1.165) is 23.1 Å². The van der Waals surface area contributed by atoms with Gasteiger partial charge in [0.25, 0.3) is 0 Å². The Morgan fingerprint density at radius 2 is 1.68 bits per heavy atom. The Bertz CT molecular complexity index is 1180. The predicted molar refractivity (Wildman–Crippen MR) is 153 cm³/mol. The lowest BCUT2D eigenvalue weighted by Gasteiger charge is -2.32. The fraction of sp³-hybridized carbons (Fsp3) is 0.517. The van der Waals surface area contributed by atoms with E-state index in [9.17, 15) is 18.0 Å². The first-order valence-electron chi connectivity index (χ1n) is 13.2. The number of anilines is 1. The van der Waals surface area contributed by atoms with Gasteiger partial charge in [0.15, 0.2) is 0 Å². The molecule has 2 aromatic rings. The van der Waals surface area contributed by atoms with Crippen LogP contribution >= 0.6 is 0 Å². The highest BCUT2D eigenvalue weighted by Gasteiger charge is 2.29. The van der Waals surface area contributed by atoms with Crippen LogP contribution in [0.2, 0.25) is 0 Å². The van der Waals surface area contributed by atoms with E-state index in [1.54, 1.807) is 12.0 Å². The van der Waals surface area contributed by atoms with E-state index in [1.165, 1.54) is 10.6 Å². The molecule has 2 atom stereocenters. The van der Waals surface area contributed by atoms with Crippen molar-refractivity contribution in [2.75, 3.05) is 24.2 Å². The number of ether oxygens (including phenoxy) is 1. The molecule has 0 unspecified atom stereocenters. The third-order valence-electron chi connectivity index (χ3n) is 6.52. The summed E-state index contributed by atoms with van der Waals surface area (Å²) in [5.41, 5.74) is 3.37. The maximum atomic E-state index is 13.6. The lowest BCUT2D eigenvalue weighted by atomic mass is 10.1. The fourth-order valence-electron chi connectivity index (χ4n) is 4.43. The van der Waals surface area contributed by atoms with Gasteiger partial charge in [0.05, 0.1) is 19.1 Å². The molecular formula is C29H43N3O5S. The Balaban J connectivity index is 2.27. The number of aryl methyl sites for hydroxylation is 2. The van der Waals surface area contributed by atoms with Gasteiger partial charge in [-0.05, 0) is 81.0 Å². The number of carbonyl (C=O) groups is 2. The zero-order valence-corrected chi connectivity index (χ0v) is 24.6. The topological polar surface area (TPSA) is 96.0 Å². The highest BCUT2D eigenvalue weighted by molar-refractivity contribution is 7.92. The molecule has 0 saturated carbocycles. The van der Waals surface area contributed by atoms with Crippen molar-refractivity contribution < 1.29 is 22.7 Å². The molecule has 0 bridgehead atoms. The molecule has 2 amide bonds. The van der Waals surface area contributed by atoms with E-state index in [2.05, 4.69) is 5.32 Å². The largest absolute Gasteiger partial charge is 0.497 e. The molecule has 0 spiro atoms. The van der Waals surface area contributed by atoms with Crippen LogP contribution in [0.1, 0.15) is 63.1 Å². The van der Waals surface area contributed by atoms with Crippen LogP contribution in [0, 0.1) is 13.8 Å². The van der Waals surface area contributed by atoms with Gasteiger partial charge in [-0.25, -0.2) is 8.42 Å². The van der Waals surface area contributed by atoms with Crippen molar-refractivity contribution in [3.05, 3.63) is 59.2 Å². The summed E-state index contributed by atoms with van der Waals surface area (Å²) in [5, 5.41) is 3.01. The summed E-state index contributed by atoms with van der Waals surface area (Å²) < 4.78 is 31.9. The van der Waals surface area contributed by atoms with Crippen molar-refractivity contribution in [2.24, 2.45) is 0 Å². The summed E-state index contributed by atoms with van der Waals surface area (Å²) in [7, 11) is -1.96. The Labute approximate surface area is 228 Å². The van der Waals surface area contributed by atoms with Crippen molar-refractivity contribution in [2.45, 2.75) is 78.9 Å². The molecule has 1 N–H and O–H groups in total. The van der Waals surface area contributed by atoms with Gasteiger partial charge in [0, 0.05) is 25.6 Å². The maximum absolute atomic E-state index is 13.6. The summed E-state index contributed by atoms with van der Waals surface area (Å²) in [6.07, 6.45) is 2.83. The van der Waals surface area contributed by atoms with Gasteiger partial charge in [0.1, 0.15) is 11.8 Å². The van der Waals surface area contributed by atoms with Crippen LogP contribution in [0.25, 0.3) is 0 Å². The van der Waals surface area contributed by atoms with Gasteiger partial charge in [-0.2, -0.15) is 0 Å². The minimum atomic E-state index is -3.55. The normalized spacial score (nSPS) is 12.9. The number of rotatable bonds is 14. The van der Waals surface area contributed by atoms with Gasteiger partial charge >= 0.3 is 0 Å². The minimum absolute atomic E-state index is 0.00794. The standard InChI is InChI=1S/C29H43N3O5S/c1-8-23(5)30-29(34)27(9-2)31(20-24-12-10-13-26(19-24)37-6)28(33)14-11-15-32(38(7,35)36)25-17-21(3)16-22(4)18-25/h10,12-13,16-19,23,27H,8-9,11,14-15,20H2,1-7H3,(H,30,34)/t23-,27+/m0/s1. The first-order valence-corrected chi connectivity index (χ1v) is 15.0. The first-order chi connectivity index (χ1) is 17.9. The Morgan fingerprint density at radius 1 is 1.03 bits per heavy atom. The summed E-state index contributed by atoms with van der Waals surface area (Å²) in [5.74, 6) is 0.281. The monoisotopic (exact) mass is 545 g/mol. The molecule has 0 fully saturated rings. The highest BCUT2D eigenvalue weighted by atomic mass is 32.2. The molecule has 0 saturated heterocycles. The molecule has 8 nitrogen and oxygen atoms in total. The number of nitrogens with zero attached hydrogens (tertiary/aromatic N) is 2. The van der Waals surface area contributed by atoms with E-state index < -0.39 is 16.1 Å². The van der Waals surface area contributed by atoms with Crippen molar-refractivity contribution in [1.82, 2.24) is 10.2 Å². The lowest BCUT2D eigenvalue weighted by molar-refractivity contribution is -0.141. The number of hydrogen-bond acceptors (Lipinski definition) is 5. The Morgan fingerprint density at radius 3 is 2.24 bits per heavy atom. The van der Waals surface area contributed by atoms with Gasteiger partial charge in [0.2, 0.25) is 21.8 Å². The third-order valence-corrected chi connectivity index (χ3v) is 7.71. The molecule has 2 aromatic carbocycles. The van der Waals surface area contributed by atoms with Crippen LogP contribution in [0.3, 0.4) is 0 Å². The van der Waals surface area contributed by atoms with Crippen molar-refractivity contribution >= 4 is 27.5 Å². The zero-order valence-electron chi connectivity index (χ0n) is 23.8. The average molecular weight is 546 g/mol. The number of sulfonamides is 1. The van der Waals surface area contributed by atoms with Gasteiger partial charge in [-0.3, -0.25) is 13.9 Å². The number of benzene rings is 2. The molecule has 0 heterocycles. The summed E-state index contributed by atoms with van der Waals surface area (Å²) in [6.45, 7) is 10.1. The molecule has 2 rings (SSSR count). The molecule has 0 aliphatic rings. The number of nitrogens with one attached hydrogen (secondary N) is 1. The second kappa shape index (κ2) is 14.2. The molecule has 0 aromatic heterocycles. The van der Waals surface area contributed by atoms with E-state index in [4.69, 9.17) is 4.74 Å². The van der Waals surface area contributed by atoms with E-state index in [0.29, 0.717) is 24.3 Å². The van der Waals surface area contributed by atoms with E-state index >= 15 is 0 Å². The second-order valence-electron chi connectivity index (χ2n) is 9.90. The fourth-order valence-corrected chi connectivity index (χ4v) is 5.38. The van der Waals surface area contributed by atoms with Crippen LogP contribution in [-0.4, -0.2) is 57.1 Å². The van der Waals surface area contributed by atoms with Crippen LogP contribution in [0.4, 0.5) is 5.69 Å². The number of amides is 2. The number of carbonyl (C=O) groups excluding carboxylic acids is 2. The molecule has 0 radical (unpaired) electrons. The van der Waals surface area contributed by atoms with Crippen LogP contribution in [-0.2, 0) is 26.2 Å². The highest BCUT2D eigenvalue weighted by Crippen LogP contribution is 2.23. The van der Waals surface area contributed by atoms with Crippen LogP contribution in [0.15, 0.2) is 42.5 Å². The summed E-state index contributed by atoms with van der Waals surface area (Å²) in [6, 6.07) is 12.4. The minimum Gasteiger partial charge on any atom is -0.497 e. The van der Waals surface area contributed by atoms with Gasteiger partial charge in [-0.15, -0.1) is 0 Å². The summed E-state index contributed by atoms with van der Waals surface area (Å²) >= 11 is 0. The average Bonchev–Trinajstić information content (AvgIpc) is 2.84. The summed E-state index contributed by atoms with van der Waals surface area (Å²) in [4.78, 5) is 28.3. The molecule has 9 heteroatoms. The van der Waals surface area contributed by atoms with Gasteiger partial charge in [-0.1, -0.05) is 32.0 Å². The van der Waals surface area contributed by atoms with E-state index in [-0.39, 0.29) is 37.4 Å². The van der Waals surface area contributed by atoms with Crippen molar-refractivity contribution in [1.29, 1.82) is 0 Å². The maximum Gasteiger partial charge on any atom is 0.243 e. The SMILES string of the molecule is CC[C@H](C(=O)N[C@@H](C)CC)N(Cc1cccc(OC)c1)C(=O)CCCN(c1cc(C)cc(C)c1)S(C)(=O)=O. The smallest absolute Gasteiger partial charge is 0.243 e. The molecule has 38 heavy (non-hydrogen) atoms. The van der Waals surface area contributed by atoms with Crippen molar-refractivity contribution in [3.8, 4) is 5.75 Å². The molecule has 0 aliphatic heterocycles. The quantitative estimate of drug-likeness (QED) is 0.375. The second-order valence-corrected chi connectivity index (χ2v) is 11.8. The molecular weight excluding hydrogens is 502 g/mol. The zero-order chi connectivity index (χ0) is 28.5. The molecule has 210 valence electrons. The third kappa shape index (κ3) is 9.04. The Hall–Kier alpha value is -3.07. The van der Waals surface area contributed by atoms with Crippen molar-refractivity contribution in [3.63, 3.8) is 0 Å². The van der Waals surface area contributed by atoms with Gasteiger partial charge < -0.3 is 15.0 Å². The molecule has 0 aliphatic carbocycles.